The molecule has 0 amide bonds. The molecule has 0 saturated carbocycles. The molecule has 0 fully saturated rings. The van der Waals surface area contributed by atoms with Crippen LogP contribution in [-0.2, 0) is 6.18 Å². The molecule has 1 N–H and O–H groups in total. The van der Waals surface area contributed by atoms with Gasteiger partial charge in [-0.3, -0.25) is 0 Å². The molecule has 0 unspecified atom stereocenters. The monoisotopic (exact) mass is 344 g/mol. The molecule has 1 heterocycles. The molecule has 2 aromatic rings. The Morgan fingerprint density at radius 2 is 2.13 bits per heavy atom. The molecule has 9 heteroatoms. The summed E-state index contributed by atoms with van der Waals surface area (Å²) in [5.74, 6) is -0.656. The molecule has 0 saturated heterocycles. The molecule has 0 bridgehead atoms. The molecule has 23 heavy (non-hydrogen) atoms. The quantitative estimate of drug-likeness (QED) is 0.489. The van der Waals surface area contributed by atoms with Crippen molar-refractivity contribution >= 4 is 18.4 Å². The van der Waals surface area contributed by atoms with Gasteiger partial charge >= 0.3 is 6.18 Å². The van der Waals surface area contributed by atoms with Gasteiger partial charge in [0.1, 0.15) is 5.75 Å². The second-order valence-corrected chi connectivity index (χ2v) is 5.03. The fraction of sp³-hybridized carbons (Fsp3) is 0.357. The average molecular weight is 344 g/mol. The zero-order valence-corrected chi connectivity index (χ0v) is 13.1. The van der Waals surface area contributed by atoms with Gasteiger partial charge in [-0.25, -0.2) is 5.10 Å². The van der Waals surface area contributed by atoms with E-state index in [1.54, 1.807) is 24.3 Å². The van der Waals surface area contributed by atoms with Gasteiger partial charge < -0.3 is 4.74 Å². The number of ether oxygens (including phenoxy) is 1. The number of aromatic nitrogens is 3. The summed E-state index contributed by atoms with van der Waals surface area (Å²) in [5, 5.41) is 9.03. The van der Waals surface area contributed by atoms with E-state index in [0.29, 0.717) is 22.6 Å². The first kappa shape index (κ1) is 17.2. The lowest BCUT2D eigenvalue weighted by Gasteiger charge is -2.08. The van der Waals surface area contributed by atoms with Crippen LogP contribution >= 0.6 is 12.2 Å². The van der Waals surface area contributed by atoms with Crippen molar-refractivity contribution in [2.75, 3.05) is 6.61 Å². The van der Waals surface area contributed by atoms with Crippen molar-refractivity contribution in [1.29, 1.82) is 0 Å². The number of hydrogen-bond acceptors (Lipinski definition) is 4. The van der Waals surface area contributed by atoms with Crippen LogP contribution in [0.5, 0.6) is 5.75 Å². The van der Waals surface area contributed by atoms with Gasteiger partial charge in [-0.1, -0.05) is 25.5 Å². The van der Waals surface area contributed by atoms with E-state index in [4.69, 9.17) is 17.0 Å². The molecule has 0 spiro atoms. The fourth-order valence-electron chi connectivity index (χ4n) is 1.75. The molecule has 5 nitrogen and oxygen atoms in total. The molecule has 0 aliphatic rings. The fourth-order valence-corrected chi connectivity index (χ4v) is 1.93. The van der Waals surface area contributed by atoms with Crippen molar-refractivity contribution in [2.45, 2.75) is 25.9 Å². The summed E-state index contributed by atoms with van der Waals surface area (Å²) >= 11 is 4.78. The van der Waals surface area contributed by atoms with E-state index in [9.17, 15) is 13.2 Å². The molecule has 0 aliphatic heterocycles. The minimum Gasteiger partial charge on any atom is -0.493 e. The van der Waals surface area contributed by atoms with E-state index in [2.05, 4.69) is 15.3 Å². The van der Waals surface area contributed by atoms with Crippen LogP contribution < -0.4 is 4.74 Å². The van der Waals surface area contributed by atoms with Gasteiger partial charge in [0.2, 0.25) is 4.77 Å². The molecule has 1 aromatic carbocycles. The number of unbranched alkanes of at least 4 members (excludes halogenated alkanes) is 1. The van der Waals surface area contributed by atoms with Crippen molar-refractivity contribution in [2.24, 2.45) is 5.10 Å². The molecule has 0 atom stereocenters. The minimum absolute atomic E-state index is 0.238. The Labute approximate surface area is 135 Å². The Balaban J connectivity index is 2.28. The zero-order chi connectivity index (χ0) is 16.9. The van der Waals surface area contributed by atoms with E-state index in [-0.39, 0.29) is 4.77 Å². The summed E-state index contributed by atoms with van der Waals surface area (Å²) < 4.78 is 44.4. The maximum absolute atomic E-state index is 12.8. The highest BCUT2D eigenvalue weighted by atomic mass is 32.1. The van der Waals surface area contributed by atoms with Gasteiger partial charge in [-0.2, -0.15) is 22.9 Å². The van der Waals surface area contributed by atoms with Gasteiger partial charge in [-0.05, 0) is 30.8 Å². The number of nitrogens with zero attached hydrogens (tertiary/aromatic N) is 3. The Kier molecular flexibility index (Phi) is 5.54. The van der Waals surface area contributed by atoms with Gasteiger partial charge in [0.05, 0.1) is 12.8 Å². The second-order valence-electron chi connectivity index (χ2n) is 4.65. The number of halogens is 3. The Morgan fingerprint density at radius 1 is 1.39 bits per heavy atom. The maximum Gasteiger partial charge on any atom is 0.453 e. The van der Waals surface area contributed by atoms with Gasteiger partial charge in [0, 0.05) is 5.56 Å². The Morgan fingerprint density at radius 3 is 2.83 bits per heavy atom. The molecule has 2 rings (SSSR count). The predicted molar refractivity (Wildman–Crippen MR) is 82.3 cm³/mol. The molecular formula is C14H15F3N4OS. The topological polar surface area (TPSA) is 55.2 Å². The summed E-state index contributed by atoms with van der Waals surface area (Å²) in [5.41, 5.74) is 0.555. The highest BCUT2D eigenvalue weighted by Gasteiger charge is 2.37. The van der Waals surface area contributed by atoms with Crippen LogP contribution in [0.4, 0.5) is 13.2 Å². The Hall–Kier alpha value is -2.16. The predicted octanol–water partition coefficient (Wildman–Crippen LogP) is 4.02. The van der Waals surface area contributed by atoms with E-state index < -0.39 is 12.0 Å². The highest BCUT2D eigenvalue weighted by molar-refractivity contribution is 7.71. The first-order valence-electron chi connectivity index (χ1n) is 6.94. The highest BCUT2D eigenvalue weighted by Crippen LogP contribution is 2.27. The van der Waals surface area contributed by atoms with E-state index in [1.807, 2.05) is 6.92 Å². The van der Waals surface area contributed by atoms with Crippen molar-refractivity contribution in [1.82, 2.24) is 14.9 Å². The SMILES string of the molecule is CCCCOc1ccccc1/C=N\n1c(C(F)(F)F)n[nH]c1=S. The number of H-pyrrole nitrogens is 1. The van der Waals surface area contributed by atoms with Gasteiger partial charge in [-0.15, -0.1) is 5.10 Å². The van der Waals surface area contributed by atoms with E-state index >= 15 is 0 Å². The molecule has 1 aromatic heterocycles. The standard InChI is InChI=1S/C14H15F3N4OS/c1-2-3-8-22-11-7-5-4-6-10(11)9-18-21-12(14(15,16)17)19-20-13(21)23/h4-7,9H,2-3,8H2,1H3,(H,20,23)/b18-9-. The van der Waals surface area contributed by atoms with Crippen LogP contribution in [0.1, 0.15) is 31.2 Å². The lowest BCUT2D eigenvalue weighted by molar-refractivity contribution is -0.147. The van der Waals surface area contributed by atoms with Gasteiger partial charge in [0.15, 0.2) is 0 Å². The number of rotatable bonds is 6. The van der Waals surface area contributed by atoms with E-state index in [0.717, 1.165) is 12.8 Å². The maximum atomic E-state index is 12.8. The van der Waals surface area contributed by atoms with Crippen LogP contribution in [0, 0.1) is 4.77 Å². The molecular weight excluding hydrogens is 329 g/mol. The third-order valence-electron chi connectivity index (χ3n) is 2.89. The van der Waals surface area contributed by atoms with Crippen LogP contribution in [-0.4, -0.2) is 27.7 Å². The summed E-state index contributed by atoms with van der Waals surface area (Å²) in [7, 11) is 0. The van der Waals surface area contributed by atoms with Crippen LogP contribution in [0.3, 0.4) is 0 Å². The summed E-state index contributed by atoms with van der Waals surface area (Å²) in [6, 6.07) is 6.95. The first-order valence-corrected chi connectivity index (χ1v) is 7.35. The van der Waals surface area contributed by atoms with Crippen molar-refractivity contribution < 1.29 is 17.9 Å². The second kappa shape index (κ2) is 7.40. The number of alkyl halides is 3. The third-order valence-corrected chi connectivity index (χ3v) is 3.15. The lowest BCUT2D eigenvalue weighted by atomic mass is 10.2. The average Bonchev–Trinajstić information content (AvgIpc) is 2.87. The zero-order valence-electron chi connectivity index (χ0n) is 12.3. The largest absolute Gasteiger partial charge is 0.493 e. The van der Waals surface area contributed by atoms with Crippen molar-refractivity contribution in [3.05, 3.63) is 40.4 Å². The first-order chi connectivity index (χ1) is 10.9. The number of aromatic amines is 1. The summed E-state index contributed by atoms with van der Waals surface area (Å²) in [6.45, 7) is 2.57. The summed E-state index contributed by atoms with van der Waals surface area (Å²) in [4.78, 5) is 0. The van der Waals surface area contributed by atoms with Gasteiger partial charge in [0.25, 0.3) is 5.82 Å². The normalized spacial score (nSPS) is 12.0. The number of para-hydroxylation sites is 1. The molecule has 0 aliphatic carbocycles. The number of benzene rings is 1. The van der Waals surface area contributed by atoms with Crippen molar-refractivity contribution in [3.8, 4) is 5.75 Å². The number of hydrogen-bond donors (Lipinski definition) is 1. The van der Waals surface area contributed by atoms with Crippen LogP contribution in [0.25, 0.3) is 0 Å². The third kappa shape index (κ3) is 4.41. The molecule has 0 radical (unpaired) electrons. The van der Waals surface area contributed by atoms with E-state index in [1.165, 1.54) is 6.21 Å². The lowest BCUT2D eigenvalue weighted by Crippen LogP contribution is -2.13. The van der Waals surface area contributed by atoms with Crippen LogP contribution in [0.15, 0.2) is 29.4 Å². The molecule has 124 valence electrons. The minimum atomic E-state index is -4.65. The van der Waals surface area contributed by atoms with Crippen LogP contribution in [0.2, 0.25) is 0 Å². The van der Waals surface area contributed by atoms with Crippen molar-refractivity contribution in [3.63, 3.8) is 0 Å². The number of nitrogens with one attached hydrogen (secondary N) is 1. The smallest absolute Gasteiger partial charge is 0.453 e. The summed E-state index contributed by atoms with van der Waals surface area (Å²) in [6.07, 6.45) is -1.52. The Bertz CT molecular complexity index is 736.